The minimum absolute atomic E-state index is 0.199. The minimum atomic E-state index is -0.714. The Morgan fingerprint density at radius 1 is 1.04 bits per heavy atom. The fourth-order valence-electron chi connectivity index (χ4n) is 2.42. The molecule has 2 aromatic carbocycles. The topological polar surface area (TPSA) is 63.2 Å². The molecular formula is C20H17F2N3O2. The number of nitrogens with zero attached hydrogens (tertiary/aromatic N) is 1. The number of carbonyl (C=O) groups excluding carboxylic acids is 1. The molecule has 0 bridgehead atoms. The lowest BCUT2D eigenvalue weighted by Crippen LogP contribution is -2.14. The van der Waals surface area contributed by atoms with Crippen LogP contribution in [0, 0.1) is 11.6 Å². The molecule has 0 fully saturated rings. The van der Waals surface area contributed by atoms with Crippen LogP contribution in [0.25, 0.3) is 0 Å². The molecular weight excluding hydrogens is 352 g/mol. The van der Waals surface area contributed by atoms with Gasteiger partial charge in [-0.1, -0.05) is 18.2 Å². The number of hydrogen-bond donors (Lipinski definition) is 2. The summed E-state index contributed by atoms with van der Waals surface area (Å²) in [5.41, 5.74) is 1.05. The molecule has 3 rings (SSSR count). The number of hydrogen-bond acceptors (Lipinski definition) is 4. The van der Waals surface area contributed by atoms with Crippen molar-refractivity contribution >= 4 is 23.1 Å². The largest absolute Gasteiger partial charge is 0.497 e. The van der Waals surface area contributed by atoms with Crippen LogP contribution in [0.4, 0.5) is 26.0 Å². The van der Waals surface area contributed by atoms with E-state index < -0.39 is 11.6 Å². The van der Waals surface area contributed by atoms with Gasteiger partial charge in [-0.3, -0.25) is 4.79 Å². The van der Waals surface area contributed by atoms with Crippen LogP contribution in [0.5, 0.6) is 5.75 Å². The highest BCUT2D eigenvalue weighted by Gasteiger charge is 2.09. The molecule has 138 valence electrons. The SMILES string of the molecule is COc1ccc(CC(=O)Nc2ccc(Nc3c(F)cccc3F)nc2)cc1. The lowest BCUT2D eigenvalue weighted by molar-refractivity contribution is -0.115. The number of ether oxygens (including phenoxy) is 1. The fourth-order valence-corrected chi connectivity index (χ4v) is 2.42. The number of carbonyl (C=O) groups is 1. The van der Waals surface area contributed by atoms with Crippen LogP contribution in [0.3, 0.4) is 0 Å². The van der Waals surface area contributed by atoms with E-state index in [0.29, 0.717) is 5.69 Å². The second kappa shape index (κ2) is 8.27. The predicted molar refractivity (Wildman–Crippen MR) is 99.2 cm³/mol. The second-order valence-corrected chi connectivity index (χ2v) is 5.73. The zero-order chi connectivity index (χ0) is 19.2. The average Bonchev–Trinajstić information content (AvgIpc) is 2.67. The number of rotatable bonds is 6. The molecule has 0 aliphatic heterocycles. The van der Waals surface area contributed by atoms with E-state index in [4.69, 9.17) is 4.74 Å². The van der Waals surface area contributed by atoms with Gasteiger partial charge in [-0.25, -0.2) is 13.8 Å². The van der Waals surface area contributed by atoms with Gasteiger partial charge in [0.1, 0.15) is 28.9 Å². The quantitative estimate of drug-likeness (QED) is 0.680. The van der Waals surface area contributed by atoms with Gasteiger partial charge in [0.05, 0.1) is 25.4 Å². The monoisotopic (exact) mass is 369 g/mol. The normalized spacial score (nSPS) is 10.3. The van der Waals surface area contributed by atoms with Crippen LogP contribution < -0.4 is 15.4 Å². The molecule has 2 N–H and O–H groups in total. The molecule has 0 unspecified atom stereocenters. The van der Waals surface area contributed by atoms with E-state index in [2.05, 4.69) is 15.6 Å². The van der Waals surface area contributed by atoms with Gasteiger partial charge in [0.25, 0.3) is 0 Å². The summed E-state index contributed by atoms with van der Waals surface area (Å²) in [5.74, 6) is -0.657. The summed E-state index contributed by atoms with van der Waals surface area (Å²) >= 11 is 0. The predicted octanol–water partition coefficient (Wildman–Crippen LogP) is 4.29. The van der Waals surface area contributed by atoms with Crippen molar-refractivity contribution < 1.29 is 18.3 Å². The lowest BCUT2D eigenvalue weighted by Gasteiger charge is -2.09. The zero-order valence-electron chi connectivity index (χ0n) is 14.5. The van der Waals surface area contributed by atoms with E-state index in [-0.39, 0.29) is 23.8 Å². The molecule has 0 saturated carbocycles. The van der Waals surface area contributed by atoms with E-state index >= 15 is 0 Å². The summed E-state index contributed by atoms with van der Waals surface area (Å²) in [6, 6.07) is 13.9. The Labute approximate surface area is 155 Å². The summed E-state index contributed by atoms with van der Waals surface area (Å²) in [6.45, 7) is 0. The van der Waals surface area contributed by atoms with E-state index in [1.165, 1.54) is 18.3 Å². The second-order valence-electron chi connectivity index (χ2n) is 5.73. The Balaban J connectivity index is 1.60. The number of amides is 1. The van der Waals surface area contributed by atoms with Crippen molar-refractivity contribution in [3.8, 4) is 5.75 Å². The Hall–Kier alpha value is -3.48. The Morgan fingerprint density at radius 2 is 1.74 bits per heavy atom. The summed E-state index contributed by atoms with van der Waals surface area (Å²) < 4.78 is 32.4. The highest BCUT2D eigenvalue weighted by atomic mass is 19.1. The molecule has 1 aromatic heterocycles. The molecule has 3 aromatic rings. The molecule has 0 saturated heterocycles. The number of para-hydroxylation sites is 1. The molecule has 5 nitrogen and oxygen atoms in total. The van der Waals surface area contributed by atoms with Crippen molar-refractivity contribution in [1.29, 1.82) is 0 Å². The van der Waals surface area contributed by atoms with Crippen molar-refractivity contribution in [2.45, 2.75) is 6.42 Å². The molecule has 0 aliphatic carbocycles. The van der Waals surface area contributed by atoms with Crippen LogP contribution in [0.1, 0.15) is 5.56 Å². The van der Waals surface area contributed by atoms with E-state index in [0.717, 1.165) is 23.4 Å². The van der Waals surface area contributed by atoms with E-state index in [9.17, 15) is 13.6 Å². The van der Waals surface area contributed by atoms with Crippen molar-refractivity contribution in [2.24, 2.45) is 0 Å². The van der Waals surface area contributed by atoms with E-state index in [1.807, 2.05) is 12.1 Å². The maximum Gasteiger partial charge on any atom is 0.228 e. The number of anilines is 3. The molecule has 1 amide bonds. The Kier molecular flexibility index (Phi) is 5.61. The van der Waals surface area contributed by atoms with Crippen LogP contribution in [0.2, 0.25) is 0 Å². The molecule has 0 aliphatic rings. The van der Waals surface area contributed by atoms with Crippen LogP contribution in [-0.2, 0) is 11.2 Å². The standard InChI is InChI=1S/C20H17F2N3O2/c1-27-15-8-5-13(6-9-15)11-19(26)24-14-7-10-18(23-12-14)25-20-16(21)3-2-4-17(20)22/h2-10,12H,11H2,1H3,(H,23,25)(H,24,26). The number of aromatic nitrogens is 1. The Morgan fingerprint density at radius 3 is 2.33 bits per heavy atom. The fraction of sp³-hybridized carbons (Fsp3) is 0.100. The highest BCUT2D eigenvalue weighted by Crippen LogP contribution is 2.22. The lowest BCUT2D eigenvalue weighted by atomic mass is 10.1. The van der Waals surface area contributed by atoms with Crippen LogP contribution in [-0.4, -0.2) is 18.0 Å². The zero-order valence-corrected chi connectivity index (χ0v) is 14.5. The van der Waals surface area contributed by atoms with Crippen molar-refractivity contribution in [3.63, 3.8) is 0 Å². The maximum atomic E-state index is 13.6. The van der Waals surface area contributed by atoms with Gasteiger partial charge in [-0.15, -0.1) is 0 Å². The van der Waals surface area contributed by atoms with Crippen LogP contribution in [0.15, 0.2) is 60.8 Å². The molecule has 0 atom stereocenters. The smallest absolute Gasteiger partial charge is 0.228 e. The number of pyridine rings is 1. The van der Waals surface area contributed by atoms with Gasteiger partial charge in [0.15, 0.2) is 0 Å². The van der Waals surface area contributed by atoms with Gasteiger partial charge < -0.3 is 15.4 Å². The first-order chi connectivity index (χ1) is 13.0. The third-order valence-electron chi connectivity index (χ3n) is 3.79. The molecule has 0 radical (unpaired) electrons. The number of nitrogens with one attached hydrogen (secondary N) is 2. The number of halogens is 2. The van der Waals surface area contributed by atoms with Gasteiger partial charge in [-0.05, 0) is 42.0 Å². The maximum absolute atomic E-state index is 13.6. The summed E-state index contributed by atoms with van der Waals surface area (Å²) in [6.07, 6.45) is 1.61. The molecule has 7 heteroatoms. The third-order valence-corrected chi connectivity index (χ3v) is 3.79. The van der Waals surface area contributed by atoms with E-state index in [1.54, 1.807) is 25.3 Å². The van der Waals surface area contributed by atoms with Crippen LogP contribution >= 0.6 is 0 Å². The van der Waals surface area contributed by atoms with Crippen molar-refractivity contribution in [1.82, 2.24) is 4.98 Å². The number of benzene rings is 2. The first kappa shape index (κ1) is 18.3. The van der Waals surface area contributed by atoms with Gasteiger partial charge in [0.2, 0.25) is 5.91 Å². The molecule has 27 heavy (non-hydrogen) atoms. The van der Waals surface area contributed by atoms with Gasteiger partial charge in [0, 0.05) is 0 Å². The summed E-state index contributed by atoms with van der Waals surface area (Å²) in [7, 11) is 1.58. The van der Waals surface area contributed by atoms with Crippen molar-refractivity contribution in [2.75, 3.05) is 17.7 Å². The summed E-state index contributed by atoms with van der Waals surface area (Å²) in [4.78, 5) is 16.2. The Bertz CT molecular complexity index is 909. The average molecular weight is 369 g/mol. The first-order valence-corrected chi connectivity index (χ1v) is 8.15. The van der Waals surface area contributed by atoms with Gasteiger partial charge in [-0.2, -0.15) is 0 Å². The van der Waals surface area contributed by atoms with Crippen molar-refractivity contribution in [3.05, 3.63) is 78.0 Å². The first-order valence-electron chi connectivity index (χ1n) is 8.15. The minimum Gasteiger partial charge on any atom is -0.497 e. The molecule has 0 spiro atoms. The number of methoxy groups -OCH3 is 1. The third kappa shape index (κ3) is 4.78. The molecule has 1 heterocycles. The summed E-state index contributed by atoms with van der Waals surface area (Å²) in [5, 5.41) is 5.31. The highest BCUT2D eigenvalue weighted by molar-refractivity contribution is 5.92. The van der Waals surface area contributed by atoms with Gasteiger partial charge >= 0.3 is 0 Å².